The molecule has 100 valence electrons. The molecule has 1 aromatic carbocycles. The first-order valence-electron chi connectivity index (χ1n) is 5.35. The molecule has 0 amide bonds. The smallest absolute Gasteiger partial charge is 0.454 e. The van der Waals surface area contributed by atoms with Crippen molar-refractivity contribution in [2.75, 3.05) is 13.3 Å². The highest BCUT2D eigenvalue weighted by atomic mass is 19.4. The Bertz CT molecular complexity index is 384. The van der Waals surface area contributed by atoms with Crippen LogP contribution in [0.25, 0.3) is 0 Å². The van der Waals surface area contributed by atoms with Gasteiger partial charge in [0.2, 0.25) is 0 Å². The number of Topliss-reactive ketones (excluding diaryl/α,β-unsaturated/α-hetero) is 1. The van der Waals surface area contributed by atoms with Crippen molar-refractivity contribution >= 4 is 5.78 Å². The number of halogens is 4. The van der Waals surface area contributed by atoms with Crippen LogP contribution in [0.4, 0.5) is 17.6 Å². The monoisotopic (exact) mass is 264 g/mol. The number of rotatable bonds is 6. The molecule has 0 radical (unpaired) electrons. The van der Waals surface area contributed by atoms with E-state index in [4.69, 9.17) is 4.74 Å². The molecule has 0 spiro atoms. The van der Waals surface area contributed by atoms with E-state index in [1.807, 2.05) is 0 Å². The van der Waals surface area contributed by atoms with E-state index in [0.717, 1.165) is 12.1 Å². The van der Waals surface area contributed by atoms with Crippen LogP contribution in [0.1, 0.15) is 23.2 Å². The summed E-state index contributed by atoms with van der Waals surface area (Å²) in [5, 5.41) is 0. The zero-order valence-corrected chi connectivity index (χ0v) is 9.47. The van der Waals surface area contributed by atoms with Crippen molar-refractivity contribution in [3.8, 4) is 5.75 Å². The number of alkyl halides is 4. The topological polar surface area (TPSA) is 26.3 Å². The number of ether oxygens (including phenoxy) is 1. The van der Waals surface area contributed by atoms with Crippen LogP contribution in [0.5, 0.6) is 5.75 Å². The Morgan fingerprint density at radius 3 is 2.22 bits per heavy atom. The first-order chi connectivity index (χ1) is 8.45. The van der Waals surface area contributed by atoms with E-state index in [1.54, 1.807) is 0 Å². The largest absolute Gasteiger partial charge is 0.494 e. The summed E-state index contributed by atoms with van der Waals surface area (Å²) < 4.78 is 53.3. The van der Waals surface area contributed by atoms with Crippen molar-refractivity contribution in [3.63, 3.8) is 0 Å². The molecule has 0 aliphatic heterocycles. The molecule has 0 aliphatic rings. The van der Waals surface area contributed by atoms with Gasteiger partial charge in [-0.25, -0.2) is 0 Å². The van der Waals surface area contributed by atoms with Gasteiger partial charge >= 0.3 is 6.18 Å². The fourth-order valence-electron chi connectivity index (χ4n) is 1.25. The lowest BCUT2D eigenvalue weighted by atomic mass is 10.1. The Labute approximate surface area is 102 Å². The van der Waals surface area contributed by atoms with Crippen molar-refractivity contribution in [2.45, 2.75) is 19.0 Å². The van der Waals surface area contributed by atoms with Gasteiger partial charge in [-0.05, 0) is 37.1 Å². The van der Waals surface area contributed by atoms with Crippen LogP contribution < -0.4 is 4.74 Å². The molecule has 0 N–H and O–H groups in total. The summed E-state index contributed by atoms with van der Waals surface area (Å²) in [6.07, 6.45) is -3.96. The van der Waals surface area contributed by atoms with Gasteiger partial charge < -0.3 is 4.74 Å². The Hall–Kier alpha value is -1.59. The number of carbonyl (C=O) groups excluding carboxylic acids is 1. The maximum Gasteiger partial charge on any atom is 0.454 e. The van der Waals surface area contributed by atoms with Crippen molar-refractivity contribution < 1.29 is 27.1 Å². The zero-order chi connectivity index (χ0) is 13.6. The summed E-state index contributed by atoms with van der Waals surface area (Å²) in [7, 11) is 0. The molecule has 1 aromatic rings. The Balaban J connectivity index is 2.55. The minimum absolute atomic E-state index is 0.288. The van der Waals surface area contributed by atoms with Crippen molar-refractivity contribution in [3.05, 3.63) is 29.8 Å². The van der Waals surface area contributed by atoms with Gasteiger partial charge in [0.15, 0.2) is 0 Å². The minimum atomic E-state index is -4.87. The van der Waals surface area contributed by atoms with Gasteiger partial charge in [0.1, 0.15) is 5.75 Å². The quantitative estimate of drug-likeness (QED) is 0.446. The van der Waals surface area contributed by atoms with Gasteiger partial charge in [0.25, 0.3) is 5.78 Å². The van der Waals surface area contributed by atoms with E-state index in [-0.39, 0.29) is 6.61 Å². The van der Waals surface area contributed by atoms with Crippen LogP contribution >= 0.6 is 0 Å². The molecule has 0 saturated heterocycles. The second-order valence-corrected chi connectivity index (χ2v) is 3.60. The van der Waals surface area contributed by atoms with Gasteiger partial charge in [-0.1, -0.05) is 0 Å². The number of benzene rings is 1. The number of hydrogen-bond acceptors (Lipinski definition) is 2. The molecular weight excluding hydrogens is 252 g/mol. The highest BCUT2D eigenvalue weighted by Crippen LogP contribution is 2.22. The van der Waals surface area contributed by atoms with E-state index in [2.05, 4.69) is 0 Å². The lowest BCUT2D eigenvalue weighted by Gasteiger charge is -2.07. The van der Waals surface area contributed by atoms with Crippen LogP contribution in [-0.2, 0) is 0 Å². The third-order valence-electron chi connectivity index (χ3n) is 2.17. The maximum absolute atomic E-state index is 12.1. The van der Waals surface area contributed by atoms with E-state index in [0.29, 0.717) is 18.6 Å². The molecule has 0 unspecified atom stereocenters. The standard InChI is InChI=1S/C12H12F4O2/c13-7-1-2-8-18-10-5-3-9(4-6-10)11(17)12(14,15)16/h3-6H,1-2,7-8H2. The first-order valence-corrected chi connectivity index (χ1v) is 5.35. The van der Waals surface area contributed by atoms with E-state index >= 15 is 0 Å². The van der Waals surface area contributed by atoms with Gasteiger partial charge in [-0.15, -0.1) is 0 Å². The molecule has 0 fully saturated rings. The van der Waals surface area contributed by atoms with Crippen LogP contribution in [0, 0.1) is 0 Å². The molecule has 1 rings (SSSR count). The van der Waals surface area contributed by atoms with Crippen molar-refractivity contribution in [1.82, 2.24) is 0 Å². The minimum Gasteiger partial charge on any atom is -0.494 e. The Kier molecular flexibility index (Phi) is 5.12. The molecule has 18 heavy (non-hydrogen) atoms. The average Bonchev–Trinajstić information content (AvgIpc) is 2.33. The number of ketones is 1. The predicted octanol–water partition coefficient (Wildman–Crippen LogP) is 3.56. The molecule has 0 saturated carbocycles. The van der Waals surface area contributed by atoms with Crippen LogP contribution in [-0.4, -0.2) is 25.2 Å². The summed E-state index contributed by atoms with van der Waals surface area (Å²) in [6, 6.07) is 4.68. The van der Waals surface area contributed by atoms with Crippen LogP contribution in [0.15, 0.2) is 24.3 Å². The fraction of sp³-hybridized carbons (Fsp3) is 0.417. The number of unbranched alkanes of at least 4 members (excludes halogenated alkanes) is 1. The van der Waals surface area contributed by atoms with E-state index in [1.165, 1.54) is 12.1 Å². The van der Waals surface area contributed by atoms with Crippen molar-refractivity contribution in [2.24, 2.45) is 0 Å². The summed E-state index contributed by atoms with van der Waals surface area (Å²) >= 11 is 0. The Morgan fingerprint density at radius 2 is 1.72 bits per heavy atom. The normalized spacial score (nSPS) is 11.3. The SMILES string of the molecule is O=C(c1ccc(OCCCCF)cc1)C(F)(F)F. The van der Waals surface area contributed by atoms with Crippen LogP contribution in [0.3, 0.4) is 0 Å². The van der Waals surface area contributed by atoms with Gasteiger partial charge in [0.05, 0.1) is 13.3 Å². The van der Waals surface area contributed by atoms with Gasteiger partial charge in [-0.2, -0.15) is 13.2 Å². The molecule has 6 heteroatoms. The molecule has 0 aliphatic carbocycles. The molecule has 2 nitrogen and oxygen atoms in total. The first kappa shape index (κ1) is 14.5. The zero-order valence-electron chi connectivity index (χ0n) is 9.47. The molecule has 0 heterocycles. The highest BCUT2D eigenvalue weighted by Gasteiger charge is 2.39. The second kappa shape index (κ2) is 6.37. The Morgan fingerprint density at radius 1 is 1.11 bits per heavy atom. The summed E-state index contributed by atoms with van der Waals surface area (Å²) in [5.41, 5.74) is -0.432. The van der Waals surface area contributed by atoms with E-state index in [9.17, 15) is 22.4 Å². The molecule has 0 aromatic heterocycles. The lowest BCUT2D eigenvalue weighted by Crippen LogP contribution is -2.22. The summed E-state index contributed by atoms with van der Waals surface area (Å²) in [5.74, 6) is -1.53. The number of hydrogen-bond donors (Lipinski definition) is 0. The lowest BCUT2D eigenvalue weighted by molar-refractivity contribution is -0.0885. The van der Waals surface area contributed by atoms with Crippen LogP contribution in [0.2, 0.25) is 0 Å². The predicted molar refractivity (Wildman–Crippen MR) is 57.5 cm³/mol. The molecule has 0 atom stereocenters. The highest BCUT2D eigenvalue weighted by molar-refractivity contribution is 6.00. The van der Waals surface area contributed by atoms with E-state index < -0.39 is 24.2 Å². The third-order valence-corrected chi connectivity index (χ3v) is 2.17. The average molecular weight is 264 g/mol. The summed E-state index contributed by atoms with van der Waals surface area (Å²) in [6.45, 7) is -0.140. The molecular formula is C12H12F4O2. The van der Waals surface area contributed by atoms with Gasteiger partial charge in [0, 0.05) is 5.56 Å². The molecule has 0 bridgehead atoms. The second-order valence-electron chi connectivity index (χ2n) is 3.60. The summed E-state index contributed by atoms with van der Waals surface area (Å²) in [4.78, 5) is 10.9. The number of carbonyl (C=O) groups is 1. The third kappa shape index (κ3) is 4.35. The van der Waals surface area contributed by atoms with Gasteiger partial charge in [-0.3, -0.25) is 9.18 Å². The van der Waals surface area contributed by atoms with Crippen molar-refractivity contribution in [1.29, 1.82) is 0 Å². The maximum atomic E-state index is 12.1. The fourth-order valence-corrected chi connectivity index (χ4v) is 1.25.